The number of aryl methyl sites for hydroxylation is 3. The summed E-state index contributed by atoms with van der Waals surface area (Å²) in [4.78, 5) is 4.44. The van der Waals surface area contributed by atoms with Gasteiger partial charge in [-0.3, -0.25) is 4.99 Å². The van der Waals surface area contributed by atoms with Crippen molar-refractivity contribution in [2.75, 3.05) is 0 Å². The smallest absolute Gasteiger partial charge is 0.109 e. The van der Waals surface area contributed by atoms with Gasteiger partial charge in [-0.25, -0.2) is 0 Å². The molecule has 0 saturated carbocycles. The van der Waals surface area contributed by atoms with Gasteiger partial charge in [-0.15, -0.1) is 0 Å². The van der Waals surface area contributed by atoms with Crippen LogP contribution in [0.25, 0.3) is 0 Å². The Labute approximate surface area is 106 Å². The zero-order valence-corrected chi connectivity index (χ0v) is 10.9. The molecule has 2 aromatic rings. The first-order chi connectivity index (χ1) is 8.06. The molecule has 1 heterocycles. The fraction of sp³-hybridized carbons (Fsp3) is 0.214. The highest BCUT2D eigenvalue weighted by Gasteiger charge is 2.02. The second-order valence-corrected chi connectivity index (χ2v) is 4.49. The maximum absolute atomic E-state index is 5.94. The molecular formula is C14H14ClNO. The fourth-order valence-corrected chi connectivity index (χ4v) is 1.81. The highest BCUT2D eigenvalue weighted by atomic mass is 35.5. The Kier molecular flexibility index (Phi) is 3.34. The van der Waals surface area contributed by atoms with Crippen LogP contribution in [-0.4, -0.2) is 6.21 Å². The van der Waals surface area contributed by atoms with E-state index in [0.717, 1.165) is 28.3 Å². The van der Waals surface area contributed by atoms with Crippen LogP contribution in [0, 0.1) is 20.8 Å². The predicted octanol–water partition coefficient (Wildman–Crippen LogP) is 4.61. The molecule has 2 nitrogen and oxygen atoms in total. The Bertz CT molecular complexity index is 570. The maximum atomic E-state index is 5.94. The molecule has 0 amide bonds. The van der Waals surface area contributed by atoms with Crippen LogP contribution in [-0.2, 0) is 0 Å². The zero-order chi connectivity index (χ0) is 12.4. The maximum Gasteiger partial charge on any atom is 0.109 e. The molecule has 17 heavy (non-hydrogen) atoms. The molecule has 0 atom stereocenters. The molecule has 0 aliphatic heterocycles. The summed E-state index contributed by atoms with van der Waals surface area (Å²) in [6.45, 7) is 5.87. The van der Waals surface area contributed by atoms with Crippen LogP contribution in [0.5, 0.6) is 0 Å². The van der Waals surface area contributed by atoms with Crippen molar-refractivity contribution < 1.29 is 4.42 Å². The van der Waals surface area contributed by atoms with Crippen LogP contribution in [0.2, 0.25) is 5.02 Å². The molecule has 0 aliphatic carbocycles. The van der Waals surface area contributed by atoms with E-state index in [-0.39, 0.29) is 0 Å². The number of hydrogen-bond donors (Lipinski definition) is 0. The van der Waals surface area contributed by atoms with Crippen molar-refractivity contribution in [1.29, 1.82) is 0 Å². The number of rotatable bonds is 2. The largest absolute Gasteiger partial charge is 0.466 e. The third-order valence-electron chi connectivity index (χ3n) is 2.59. The number of nitrogens with zero attached hydrogens (tertiary/aromatic N) is 1. The lowest BCUT2D eigenvalue weighted by molar-refractivity contribution is 0.504. The highest BCUT2D eigenvalue weighted by Crippen LogP contribution is 2.23. The van der Waals surface area contributed by atoms with Crippen molar-refractivity contribution in [3.8, 4) is 0 Å². The number of aliphatic imine (C=N–C) groups is 1. The fourth-order valence-electron chi connectivity index (χ4n) is 1.64. The van der Waals surface area contributed by atoms with E-state index >= 15 is 0 Å². The van der Waals surface area contributed by atoms with Crippen LogP contribution in [0.15, 0.2) is 33.7 Å². The standard InChI is InChI=1S/C14H14ClNO/c1-9-4-5-13(15)7-14(9)16-8-12-6-10(2)17-11(12)3/h4-8H,1-3H3. The minimum absolute atomic E-state index is 0.697. The molecule has 0 bridgehead atoms. The Hall–Kier alpha value is -1.54. The Balaban J connectivity index is 2.31. The average Bonchev–Trinajstić information content (AvgIpc) is 2.59. The van der Waals surface area contributed by atoms with Crippen molar-refractivity contribution in [3.05, 3.63) is 51.9 Å². The quantitative estimate of drug-likeness (QED) is 0.712. The SMILES string of the molecule is Cc1cc(C=Nc2cc(Cl)ccc2C)c(C)o1. The molecule has 0 fully saturated rings. The van der Waals surface area contributed by atoms with Crippen molar-refractivity contribution in [1.82, 2.24) is 0 Å². The summed E-state index contributed by atoms with van der Waals surface area (Å²) >= 11 is 5.94. The monoisotopic (exact) mass is 247 g/mol. The van der Waals surface area contributed by atoms with Gasteiger partial charge in [0, 0.05) is 16.8 Å². The molecule has 3 heteroatoms. The molecular weight excluding hydrogens is 234 g/mol. The Morgan fingerprint density at radius 3 is 2.59 bits per heavy atom. The Morgan fingerprint density at radius 1 is 1.18 bits per heavy atom. The first kappa shape index (κ1) is 11.9. The van der Waals surface area contributed by atoms with Gasteiger partial charge in [-0.05, 0) is 44.5 Å². The molecule has 0 aliphatic rings. The van der Waals surface area contributed by atoms with Crippen LogP contribution in [0.3, 0.4) is 0 Å². The van der Waals surface area contributed by atoms with E-state index in [1.54, 1.807) is 0 Å². The molecule has 0 saturated heterocycles. The summed E-state index contributed by atoms with van der Waals surface area (Å²) in [7, 11) is 0. The molecule has 88 valence electrons. The molecule has 0 radical (unpaired) electrons. The van der Waals surface area contributed by atoms with E-state index in [9.17, 15) is 0 Å². The lowest BCUT2D eigenvalue weighted by Gasteiger charge is -1.99. The third kappa shape index (κ3) is 2.77. The summed E-state index contributed by atoms with van der Waals surface area (Å²) in [5.41, 5.74) is 2.99. The molecule has 1 aromatic heterocycles. The van der Waals surface area contributed by atoms with Gasteiger partial charge in [0.05, 0.1) is 5.69 Å². The van der Waals surface area contributed by atoms with Gasteiger partial charge in [-0.1, -0.05) is 17.7 Å². The van der Waals surface area contributed by atoms with Crippen molar-refractivity contribution in [2.24, 2.45) is 4.99 Å². The van der Waals surface area contributed by atoms with Gasteiger partial charge in [0.25, 0.3) is 0 Å². The summed E-state index contributed by atoms with van der Waals surface area (Å²) in [6, 6.07) is 7.65. The van der Waals surface area contributed by atoms with Crippen molar-refractivity contribution in [2.45, 2.75) is 20.8 Å². The average molecular weight is 248 g/mol. The van der Waals surface area contributed by atoms with Crippen LogP contribution in [0.1, 0.15) is 22.6 Å². The van der Waals surface area contributed by atoms with Crippen LogP contribution >= 0.6 is 11.6 Å². The van der Waals surface area contributed by atoms with Gasteiger partial charge >= 0.3 is 0 Å². The second-order valence-electron chi connectivity index (χ2n) is 4.06. The number of hydrogen-bond acceptors (Lipinski definition) is 2. The first-order valence-electron chi connectivity index (χ1n) is 5.43. The zero-order valence-electron chi connectivity index (χ0n) is 10.1. The molecule has 0 N–H and O–H groups in total. The lowest BCUT2D eigenvalue weighted by atomic mass is 10.2. The summed E-state index contributed by atoms with van der Waals surface area (Å²) in [6.07, 6.45) is 1.81. The first-order valence-corrected chi connectivity index (χ1v) is 5.81. The van der Waals surface area contributed by atoms with E-state index < -0.39 is 0 Å². The third-order valence-corrected chi connectivity index (χ3v) is 2.83. The molecule has 2 rings (SSSR count). The topological polar surface area (TPSA) is 25.5 Å². The predicted molar refractivity (Wildman–Crippen MR) is 71.6 cm³/mol. The van der Waals surface area contributed by atoms with Gasteiger partial charge in [-0.2, -0.15) is 0 Å². The van der Waals surface area contributed by atoms with Gasteiger partial charge < -0.3 is 4.42 Å². The summed E-state index contributed by atoms with van der Waals surface area (Å²) in [5, 5.41) is 0.697. The second kappa shape index (κ2) is 4.76. The molecule has 0 unspecified atom stereocenters. The molecule has 0 spiro atoms. The van der Waals surface area contributed by atoms with Crippen molar-refractivity contribution >= 4 is 23.5 Å². The minimum Gasteiger partial charge on any atom is -0.466 e. The van der Waals surface area contributed by atoms with E-state index in [2.05, 4.69) is 4.99 Å². The number of furan rings is 1. The highest BCUT2D eigenvalue weighted by molar-refractivity contribution is 6.30. The van der Waals surface area contributed by atoms with Gasteiger partial charge in [0.2, 0.25) is 0 Å². The Morgan fingerprint density at radius 2 is 1.94 bits per heavy atom. The van der Waals surface area contributed by atoms with E-state index in [4.69, 9.17) is 16.0 Å². The minimum atomic E-state index is 0.697. The lowest BCUT2D eigenvalue weighted by Crippen LogP contribution is -1.81. The van der Waals surface area contributed by atoms with Crippen molar-refractivity contribution in [3.63, 3.8) is 0 Å². The van der Waals surface area contributed by atoms with Crippen LogP contribution in [0.4, 0.5) is 5.69 Å². The number of benzene rings is 1. The van der Waals surface area contributed by atoms with E-state index in [1.807, 2.05) is 51.3 Å². The summed E-state index contributed by atoms with van der Waals surface area (Å²) in [5.74, 6) is 1.78. The number of halogens is 1. The van der Waals surface area contributed by atoms with Crippen LogP contribution < -0.4 is 0 Å². The molecule has 1 aromatic carbocycles. The van der Waals surface area contributed by atoms with E-state index in [0.29, 0.717) is 5.02 Å². The van der Waals surface area contributed by atoms with Gasteiger partial charge in [0.1, 0.15) is 11.5 Å². The summed E-state index contributed by atoms with van der Waals surface area (Å²) < 4.78 is 5.44. The normalized spacial score (nSPS) is 11.3. The van der Waals surface area contributed by atoms with Gasteiger partial charge in [0.15, 0.2) is 0 Å². The van der Waals surface area contributed by atoms with E-state index in [1.165, 1.54) is 0 Å².